The van der Waals surface area contributed by atoms with Crippen LogP contribution in [0.15, 0.2) is 18.2 Å². The van der Waals surface area contributed by atoms with Crippen LogP contribution in [0.2, 0.25) is 0 Å². The molecule has 1 aromatic rings. The lowest BCUT2D eigenvalue weighted by Gasteiger charge is -2.34. The van der Waals surface area contributed by atoms with E-state index in [1.807, 2.05) is 20.8 Å². The number of hydrogen-bond acceptors (Lipinski definition) is 3. The molecule has 8 heteroatoms. The maximum Gasteiger partial charge on any atom is 0.227 e. The Morgan fingerprint density at radius 1 is 1.44 bits per heavy atom. The Morgan fingerprint density at radius 2 is 2.08 bits per heavy atom. The Labute approximate surface area is 152 Å². The lowest BCUT2D eigenvalue weighted by molar-refractivity contribution is -0.128. The second-order valence-electron chi connectivity index (χ2n) is 6.77. The molecule has 1 saturated heterocycles. The van der Waals surface area contributed by atoms with Crippen molar-refractivity contribution in [3.63, 3.8) is 0 Å². The predicted octanol–water partition coefficient (Wildman–Crippen LogP) is 2.23. The minimum atomic E-state index is -0.821. The van der Waals surface area contributed by atoms with Gasteiger partial charge in [-0.25, -0.2) is 8.78 Å². The van der Waals surface area contributed by atoms with E-state index < -0.39 is 23.1 Å². The first-order valence-corrected chi connectivity index (χ1v) is 7.95. The van der Waals surface area contributed by atoms with Crippen LogP contribution in [0.25, 0.3) is 0 Å². The van der Waals surface area contributed by atoms with E-state index in [9.17, 15) is 18.4 Å². The molecule has 0 aliphatic carbocycles. The van der Waals surface area contributed by atoms with Gasteiger partial charge in [0, 0.05) is 25.6 Å². The fraction of sp³-hybridized carbons (Fsp3) is 0.529. The Kier molecular flexibility index (Phi) is 6.90. The third-order valence-electron chi connectivity index (χ3n) is 4.80. The Hall–Kier alpha value is -1.73. The zero-order chi connectivity index (χ0) is 18.1. The summed E-state index contributed by atoms with van der Waals surface area (Å²) in [4.78, 5) is 25.8. The van der Waals surface area contributed by atoms with Gasteiger partial charge in [0.05, 0.1) is 17.1 Å². The molecule has 0 aromatic heterocycles. The number of hydrogen-bond donors (Lipinski definition) is 2. The molecule has 0 saturated carbocycles. The molecule has 0 spiro atoms. The molecule has 1 fully saturated rings. The van der Waals surface area contributed by atoms with Crippen LogP contribution in [0.5, 0.6) is 0 Å². The number of halogens is 3. The van der Waals surface area contributed by atoms with Crippen LogP contribution in [-0.2, 0) is 9.59 Å². The SMILES string of the molecule is CC(C)C(C)(CN)NC(=O)C1CC(=O)N(c2ccc(F)cc2F)C1.Cl. The first-order chi connectivity index (χ1) is 11.2. The van der Waals surface area contributed by atoms with Gasteiger partial charge in [0.15, 0.2) is 0 Å². The third-order valence-corrected chi connectivity index (χ3v) is 4.80. The van der Waals surface area contributed by atoms with Gasteiger partial charge in [0.1, 0.15) is 11.6 Å². The molecular formula is C17H24ClF2N3O2. The van der Waals surface area contributed by atoms with Gasteiger partial charge in [0.25, 0.3) is 0 Å². The first kappa shape index (κ1) is 21.3. The second kappa shape index (κ2) is 8.10. The van der Waals surface area contributed by atoms with E-state index in [0.29, 0.717) is 0 Å². The minimum Gasteiger partial charge on any atom is -0.349 e. The number of nitrogens with two attached hydrogens (primary N) is 1. The largest absolute Gasteiger partial charge is 0.349 e. The van der Waals surface area contributed by atoms with Crippen molar-refractivity contribution in [1.82, 2.24) is 5.32 Å². The molecule has 1 aliphatic heterocycles. The molecule has 2 rings (SSSR count). The summed E-state index contributed by atoms with van der Waals surface area (Å²) in [6.45, 7) is 6.09. The summed E-state index contributed by atoms with van der Waals surface area (Å²) in [5.41, 5.74) is 5.17. The number of rotatable bonds is 5. The van der Waals surface area contributed by atoms with E-state index in [1.54, 1.807) is 0 Å². The van der Waals surface area contributed by atoms with Crippen molar-refractivity contribution < 1.29 is 18.4 Å². The average Bonchev–Trinajstić information content (AvgIpc) is 2.89. The highest BCUT2D eigenvalue weighted by molar-refractivity contribution is 6.00. The summed E-state index contributed by atoms with van der Waals surface area (Å²) in [7, 11) is 0. The third kappa shape index (κ3) is 4.46. The van der Waals surface area contributed by atoms with Crippen molar-refractivity contribution in [2.24, 2.45) is 17.6 Å². The van der Waals surface area contributed by atoms with Crippen molar-refractivity contribution in [2.45, 2.75) is 32.7 Å². The number of nitrogens with one attached hydrogen (secondary N) is 1. The van der Waals surface area contributed by atoms with Gasteiger partial charge < -0.3 is 16.0 Å². The second-order valence-corrected chi connectivity index (χ2v) is 6.77. The molecule has 1 heterocycles. The summed E-state index contributed by atoms with van der Waals surface area (Å²) in [6.07, 6.45) is -0.0125. The number of carbonyl (C=O) groups excluding carboxylic acids is 2. The molecule has 2 atom stereocenters. The molecule has 1 aromatic carbocycles. The summed E-state index contributed by atoms with van der Waals surface area (Å²) in [6, 6.07) is 3.02. The molecule has 1 aliphatic rings. The smallest absolute Gasteiger partial charge is 0.227 e. The molecular weight excluding hydrogens is 352 g/mol. The van der Waals surface area contributed by atoms with Crippen LogP contribution in [0.1, 0.15) is 27.2 Å². The molecule has 3 N–H and O–H groups in total. The van der Waals surface area contributed by atoms with Gasteiger partial charge >= 0.3 is 0 Å². The number of carbonyl (C=O) groups is 2. The summed E-state index contributed by atoms with van der Waals surface area (Å²) in [5.74, 6) is -2.65. The summed E-state index contributed by atoms with van der Waals surface area (Å²) >= 11 is 0. The molecule has 140 valence electrons. The standard InChI is InChI=1S/C17H23F2N3O2.ClH/c1-10(2)17(3,9-20)21-16(24)11-6-15(23)22(8-11)14-5-4-12(18)7-13(14)19;/h4-5,7,10-11H,6,8-9,20H2,1-3H3,(H,21,24);1H. The number of amides is 2. The van der Waals surface area contributed by atoms with Crippen molar-refractivity contribution in [1.29, 1.82) is 0 Å². The van der Waals surface area contributed by atoms with Crippen molar-refractivity contribution in [2.75, 3.05) is 18.0 Å². The zero-order valence-corrected chi connectivity index (χ0v) is 15.3. The quantitative estimate of drug-likeness (QED) is 0.828. The topological polar surface area (TPSA) is 75.4 Å². The van der Waals surface area contributed by atoms with E-state index in [2.05, 4.69) is 5.32 Å². The maximum atomic E-state index is 13.9. The molecule has 0 bridgehead atoms. The van der Waals surface area contributed by atoms with Gasteiger partial charge in [-0.3, -0.25) is 9.59 Å². The van der Waals surface area contributed by atoms with E-state index in [4.69, 9.17) is 5.73 Å². The summed E-state index contributed by atoms with van der Waals surface area (Å²) < 4.78 is 26.9. The van der Waals surface area contributed by atoms with Crippen LogP contribution in [0, 0.1) is 23.5 Å². The van der Waals surface area contributed by atoms with E-state index in [0.717, 1.165) is 12.1 Å². The molecule has 2 unspecified atom stereocenters. The fourth-order valence-corrected chi connectivity index (χ4v) is 2.63. The van der Waals surface area contributed by atoms with Gasteiger partial charge in [-0.15, -0.1) is 12.4 Å². The normalized spacial score (nSPS) is 19.6. The lowest BCUT2D eigenvalue weighted by atomic mass is 9.87. The lowest BCUT2D eigenvalue weighted by Crippen LogP contribution is -2.56. The molecule has 5 nitrogen and oxygen atoms in total. The Bertz CT molecular complexity index is 657. The van der Waals surface area contributed by atoms with Gasteiger partial charge in [-0.05, 0) is 25.0 Å². The minimum absolute atomic E-state index is 0. The highest BCUT2D eigenvalue weighted by atomic mass is 35.5. The van der Waals surface area contributed by atoms with Crippen LogP contribution in [0.4, 0.5) is 14.5 Å². The van der Waals surface area contributed by atoms with Crippen molar-refractivity contribution in [3.8, 4) is 0 Å². The van der Waals surface area contributed by atoms with Crippen LogP contribution in [-0.4, -0.2) is 30.4 Å². The predicted molar refractivity (Wildman–Crippen MR) is 94.5 cm³/mol. The van der Waals surface area contributed by atoms with E-state index in [-0.39, 0.29) is 55.3 Å². The first-order valence-electron chi connectivity index (χ1n) is 7.95. The molecule has 0 radical (unpaired) electrons. The van der Waals surface area contributed by atoms with Gasteiger partial charge in [-0.2, -0.15) is 0 Å². The number of benzene rings is 1. The van der Waals surface area contributed by atoms with Gasteiger partial charge in [0.2, 0.25) is 11.8 Å². The summed E-state index contributed by atoms with van der Waals surface area (Å²) in [5, 5.41) is 2.90. The zero-order valence-electron chi connectivity index (χ0n) is 14.5. The number of anilines is 1. The highest BCUT2D eigenvalue weighted by Gasteiger charge is 2.39. The monoisotopic (exact) mass is 375 g/mol. The maximum absolute atomic E-state index is 13.9. The Balaban J connectivity index is 0.00000312. The molecule has 25 heavy (non-hydrogen) atoms. The van der Waals surface area contributed by atoms with Crippen LogP contribution < -0.4 is 16.0 Å². The number of nitrogens with zero attached hydrogens (tertiary/aromatic N) is 1. The van der Waals surface area contributed by atoms with Gasteiger partial charge in [-0.1, -0.05) is 13.8 Å². The van der Waals surface area contributed by atoms with Crippen molar-refractivity contribution >= 4 is 29.9 Å². The highest BCUT2D eigenvalue weighted by Crippen LogP contribution is 2.28. The van der Waals surface area contributed by atoms with Crippen LogP contribution in [0.3, 0.4) is 0 Å². The Morgan fingerprint density at radius 3 is 2.60 bits per heavy atom. The molecule has 2 amide bonds. The van der Waals surface area contributed by atoms with Crippen LogP contribution >= 0.6 is 12.4 Å². The fourth-order valence-electron chi connectivity index (χ4n) is 2.63. The van der Waals surface area contributed by atoms with Crippen molar-refractivity contribution in [3.05, 3.63) is 29.8 Å². The van der Waals surface area contributed by atoms with E-state index in [1.165, 1.54) is 11.0 Å². The van der Waals surface area contributed by atoms with E-state index >= 15 is 0 Å². The average molecular weight is 376 g/mol.